The summed E-state index contributed by atoms with van der Waals surface area (Å²) >= 11 is 0. The lowest BCUT2D eigenvalue weighted by Gasteiger charge is -2.31. The third-order valence-electron chi connectivity index (χ3n) is 5.73. The second kappa shape index (κ2) is 10.1. The Morgan fingerprint density at radius 1 is 1.26 bits per heavy atom. The predicted molar refractivity (Wildman–Crippen MR) is 120 cm³/mol. The average Bonchev–Trinajstić information content (AvgIpc) is 3.44. The normalized spacial score (nSPS) is 17.4. The van der Waals surface area contributed by atoms with E-state index in [1.807, 2.05) is 23.0 Å². The number of aromatic nitrogens is 4. The molecule has 1 saturated heterocycles. The van der Waals surface area contributed by atoms with Gasteiger partial charge in [-0.15, -0.1) is 0 Å². The third-order valence-corrected chi connectivity index (χ3v) is 5.73. The second-order valence-electron chi connectivity index (χ2n) is 8.44. The molecule has 7 heteroatoms. The summed E-state index contributed by atoms with van der Waals surface area (Å²) in [5.41, 5.74) is 4.60. The molecule has 0 aliphatic carbocycles. The Kier molecular flexibility index (Phi) is 7.04. The lowest BCUT2D eigenvalue weighted by molar-refractivity contribution is -0.0350. The van der Waals surface area contributed by atoms with Crippen molar-refractivity contribution in [1.82, 2.24) is 24.9 Å². The minimum Gasteiger partial charge on any atom is -0.493 e. The molecule has 1 aromatic carbocycles. The SMILES string of the molecule is CCn1cc(CN2CCO[C@@H](c3cc(CCOc4ccc(C(C)C)cc4)[nH]n3)C2)cn1. The number of hydrogen-bond acceptors (Lipinski definition) is 5. The van der Waals surface area contributed by atoms with Gasteiger partial charge in [0.05, 0.1) is 25.1 Å². The summed E-state index contributed by atoms with van der Waals surface area (Å²) in [5.74, 6) is 1.44. The Morgan fingerprint density at radius 2 is 2.10 bits per heavy atom. The van der Waals surface area contributed by atoms with E-state index in [1.54, 1.807) is 0 Å². The topological polar surface area (TPSA) is 68.2 Å². The summed E-state index contributed by atoms with van der Waals surface area (Å²) in [6.45, 7) is 11.4. The first kappa shape index (κ1) is 21.6. The Balaban J connectivity index is 1.26. The molecule has 0 saturated carbocycles. The van der Waals surface area contributed by atoms with Gasteiger partial charge in [0, 0.05) is 50.1 Å². The standard InChI is InChI=1S/C24H33N5O2/c1-4-29-16-19(14-25-29)15-28-10-12-31-24(17-28)23-13-21(26-27-23)9-11-30-22-7-5-20(6-8-22)18(2)3/h5-8,13-14,16,18,24H,4,9-12,15,17H2,1-3H3,(H,26,27)/t24-/m1/s1. The second-order valence-corrected chi connectivity index (χ2v) is 8.44. The number of hydrogen-bond donors (Lipinski definition) is 1. The van der Waals surface area contributed by atoms with Crippen molar-refractivity contribution in [2.45, 2.75) is 52.3 Å². The number of aromatic amines is 1. The first-order valence-corrected chi connectivity index (χ1v) is 11.2. The molecule has 0 bridgehead atoms. The Hall–Kier alpha value is -2.64. The van der Waals surface area contributed by atoms with Gasteiger partial charge in [-0.2, -0.15) is 10.2 Å². The van der Waals surface area contributed by atoms with Crippen LogP contribution in [-0.2, 0) is 24.2 Å². The molecule has 1 fully saturated rings. The van der Waals surface area contributed by atoms with E-state index >= 15 is 0 Å². The van der Waals surface area contributed by atoms with Gasteiger partial charge in [0.15, 0.2) is 0 Å². The smallest absolute Gasteiger partial charge is 0.119 e. The number of nitrogens with zero attached hydrogens (tertiary/aromatic N) is 4. The highest BCUT2D eigenvalue weighted by molar-refractivity contribution is 5.29. The first-order valence-electron chi connectivity index (χ1n) is 11.2. The van der Waals surface area contributed by atoms with Crippen LogP contribution in [0.2, 0.25) is 0 Å². The molecule has 0 unspecified atom stereocenters. The van der Waals surface area contributed by atoms with E-state index in [2.05, 4.69) is 65.4 Å². The van der Waals surface area contributed by atoms with Gasteiger partial charge in [-0.1, -0.05) is 26.0 Å². The van der Waals surface area contributed by atoms with Crippen LogP contribution in [0, 0.1) is 0 Å². The molecule has 3 aromatic rings. The maximum Gasteiger partial charge on any atom is 0.119 e. The zero-order valence-corrected chi connectivity index (χ0v) is 18.8. The van der Waals surface area contributed by atoms with E-state index in [0.717, 1.165) is 49.7 Å². The molecule has 1 aliphatic rings. The third kappa shape index (κ3) is 5.74. The number of aryl methyl sites for hydroxylation is 1. The van der Waals surface area contributed by atoms with Crippen LogP contribution in [0.25, 0.3) is 0 Å². The lowest BCUT2D eigenvalue weighted by atomic mass is 10.0. The fourth-order valence-electron chi connectivity index (χ4n) is 3.84. The minimum atomic E-state index is -0.00975. The first-order chi connectivity index (χ1) is 15.1. The van der Waals surface area contributed by atoms with Gasteiger partial charge in [-0.05, 0) is 36.6 Å². The van der Waals surface area contributed by atoms with E-state index in [-0.39, 0.29) is 6.10 Å². The van der Waals surface area contributed by atoms with Gasteiger partial charge >= 0.3 is 0 Å². The molecule has 1 N–H and O–H groups in total. The van der Waals surface area contributed by atoms with Crippen molar-refractivity contribution in [1.29, 1.82) is 0 Å². The van der Waals surface area contributed by atoms with Crippen molar-refractivity contribution in [2.75, 3.05) is 26.3 Å². The summed E-state index contributed by atoms with van der Waals surface area (Å²) in [7, 11) is 0. The highest BCUT2D eigenvalue weighted by Crippen LogP contribution is 2.23. The molecular formula is C24H33N5O2. The fraction of sp³-hybridized carbons (Fsp3) is 0.500. The average molecular weight is 424 g/mol. The largest absolute Gasteiger partial charge is 0.493 e. The molecular weight excluding hydrogens is 390 g/mol. The molecule has 4 rings (SSSR count). The van der Waals surface area contributed by atoms with Crippen LogP contribution in [-0.4, -0.2) is 51.2 Å². The molecule has 2 aromatic heterocycles. The molecule has 1 aliphatic heterocycles. The Morgan fingerprint density at radius 3 is 2.84 bits per heavy atom. The summed E-state index contributed by atoms with van der Waals surface area (Å²) < 4.78 is 13.9. The van der Waals surface area contributed by atoms with Crippen LogP contribution in [0.1, 0.15) is 55.3 Å². The quantitative estimate of drug-likeness (QED) is 0.565. The van der Waals surface area contributed by atoms with Crippen LogP contribution in [0.4, 0.5) is 0 Å². The molecule has 166 valence electrons. The number of H-pyrrole nitrogens is 1. The number of benzene rings is 1. The number of morpholine rings is 1. The van der Waals surface area contributed by atoms with Gasteiger partial charge in [-0.3, -0.25) is 14.7 Å². The predicted octanol–water partition coefficient (Wildman–Crippen LogP) is 3.94. The lowest BCUT2D eigenvalue weighted by Crippen LogP contribution is -2.37. The van der Waals surface area contributed by atoms with Crippen LogP contribution in [0.15, 0.2) is 42.7 Å². The van der Waals surface area contributed by atoms with Crippen LogP contribution >= 0.6 is 0 Å². The van der Waals surface area contributed by atoms with Gasteiger partial charge in [-0.25, -0.2) is 0 Å². The zero-order chi connectivity index (χ0) is 21.6. The number of nitrogens with one attached hydrogen (secondary N) is 1. The van der Waals surface area contributed by atoms with Crippen molar-refractivity contribution < 1.29 is 9.47 Å². The summed E-state index contributed by atoms with van der Waals surface area (Å²) in [6, 6.07) is 10.5. The monoisotopic (exact) mass is 423 g/mol. The highest BCUT2D eigenvalue weighted by atomic mass is 16.5. The summed E-state index contributed by atoms with van der Waals surface area (Å²) in [4.78, 5) is 2.41. The molecule has 0 amide bonds. The maximum atomic E-state index is 6.00. The number of ether oxygens (including phenoxy) is 2. The van der Waals surface area contributed by atoms with Gasteiger partial charge in [0.1, 0.15) is 11.9 Å². The van der Waals surface area contributed by atoms with E-state index in [9.17, 15) is 0 Å². The Bertz CT molecular complexity index is 947. The van der Waals surface area contributed by atoms with Crippen molar-refractivity contribution in [2.24, 2.45) is 0 Å². The minimum absolute atomic E-state index is 0.00975. The maximum absolute atomic E-state index is 6.00. The Labute approximate surface area is 184 Å². The fourth-order valence-corrected chi connectivity index (χ4v) is 3.84. The highest BCUT2D eigenvalue weighted by Gasteiger charge is 2.24. The molecule has 1 atom stereocenters. The number of rotatable bonds is 9. The molecule has 7 nitrogen and oxygen atoms in total. The van der Waals surface area contributed by atoms with E-state index in [0.29, 0.717) is 19.1 Å². The summed E-state index contributed by atoms with van der Waals surface area (Å²) in [6.07, 6.45) is 4.85. The van der Waals surface area contributed by atoms with E-state index < -0.39 is 0 Å². The van der Waals surface area contributed by atoms with Crippen molar-refractivity contribution in [3.05, 3.63) is 65.2 Å². The van der Waals surface area contributed by atoms with Crippen LogP contribution in [0.3, 0.4) is 0 Å². The van der Waals surface area contributed by atoms with Crippen molar-refractivity contribution in [3.8, 4) is 5.75 Å². The molecule has 31 heavy (non-hydrogen) atoms. The molecule has 3 heterocycles. The van der Waals surface area contributed by atoms with Crippen molar-refractivity contribution in [3.63, 3.8) is 0 Å². The molecule has 0 spiro atoms. The molecule has 0 radical (unpaired) electrons. The van der Waals surface area contributed by atoms with Gasteiger partial charge in [0.2, 0.25) is 0 Å². The van der Waals surface area contributed by atoms with Crippen LogP contribution in [0.5, 0.6) is 5.75 Å². The van der Waals surface area contributed by atoms with Crippen LogP contribution < -0.4 is 4.74 Å². The van der Waals surface area contributed by atoms with Gasteiger partial charge < -0.3 is 9.47 Å². The van der Waals surface area contributed by atoms with Crippen molar-refractivity contribution >= 4 is 0 Å². The van der Waals surface area contributed by atoms with Gasteiger partial charge in [0.25, 0.3) is 0 Å². The zero-order valence-electron chi connectivity index (χ0n) is 18.8. The van der Waals surface area contributed by atoms with E-state index in [1.165, 1.54) is 11.1 Å². The summed E-state index contributed by atoms with van der Waals surface area (Å²) in [5, 5.41) is 12.0. The van der Waals surface area contributed by atoms with E-state index in [4.69, 9.17) is 9.47 Å².